The van der Waals surface area contributed by atoms with E-state index in [0.29, 0.717) is 32.4 Å². The number of ether oxygens (including phenoxy) is 4. The molecule has 11 nitrogen and oxygen atoms in total. The first-order valence-corrected chi connectivity index (χ1v) is 12.5. The Labute approximate surface area is 207 Å². The molecule has 2 rings (SSSR count). The maximum absolute atomic E-state index is 10.9. The van der Waals surface area contributed by atoms with Gasteiger partial charge in [-0.15, -0.1) is 0 Å². The van der Waals surface area contributed by atoms with E-state index < -0.39 is 54.7 Å². The van der Waals surface area contributed by atoms with Crippen molar-refractivity contribution in [2.75, 3.05) is 39.6 Å². The molecular formula is C24H45NO10. The fourth-order valence-corrected chi connectivity index (χ4v) is 4.94. The maximum Gasteiger partial charge on any atom is 0.216 e. The largest absolute Gasteiger partial charge is 0.394 e. The van der Waals surface area contributed by atoms with Crippen molar-refractivity contribution < 1.29 is 49.3 Å². The molecule has 2 aliphatic heterocycles. The van der Waals surface area contributed by atoms with Gasteiger partial charge in [-0.3, -0.25) is 4.79 Å². The van der Waals surface area contributed by atoms with Gasteiger partial charge in [0.1, 0.15) is 30.5 Å². The zero-order chi connectivity index (χ0) is 26.2. The standard InChI is InChI=1S/C24H45NO10/c1-14(28)25-8-6-10-32-18-13-34-17(12-27)23(21(18)30)33-9-5-7-15-20(29)22(31)19(24(2,3)4)16(11-26)35-15/h15-23,26-27,29-31H,5-13H2,1-4H3,(H,25,28)/t15?,16-,17-,18+,19-,20+,21-,22+,23-/m1/s1. The minimum Gasteiger partial charge on any atom is -0.394 e. The van der Waals surface area contributed by atoms with Crippen molar-refractivity contribution in [2.24, 2.45) is 11.3 Å². The second-order valence-electron chi connectivity index (χ2n) is 10.5. The molecule has 2 heterocycles. The smallest absolute Gasteiger partial charge is 0.216 e. The molecule has 206 valence electrons. The van der Waals surface area contributed by atoms with E-state index in [-0.39, 0.29) is 37.7 Å². The van der Waals surface area contributed by atoms with Crippen LogP contribution in [0, 0.1) is 11.3 Å². The number of carbonyl (C=O) groups is 1. The number of carbonyl (C=O) groups excluding carboxylic acids is 1. The lowest BCUT2D eigenvalue weighted by Crippen LogP contribution is -2.59. The normalized spacial score (nSPS) is 36.2. The summed E-state index contributed by atoms with van der Waals surface area (Å²) in [6.45, 7) is 7.77. The van der Waals surface area contributed by atoms with Crippen LogP contribution >= 0.6 is 0 Å². The van der Waals surface area contributed by atoms with Crippen molar-refractivity contribution in [1.29, 1.82) is 0 Å². The van der Waals surface area contributed by atoms with Crippen LogP contribution in [0.4, 0.5) is 0 Å². The highest BCUT2D eigenvalue weighted by Gasteiger charge is 2.48. The van der Waals surface area contributed by atoms with Crippen LogP contribution in [0.5, 0.6) is 0 Å². The van der Waals surface area contributed by atoms with Gasteiger partial charge in [0.2, 0.25) is 5.91 Å². The number of hydrogen-bond donors (Lipinski definition) is 6. The monoisotopic (exact) mass is 507 g/mol. The van der Waals surface area contributed by atoms with E-state index >= 15 is 0 Å². The summed E-state index contributed by atoms with van der Waals surface area (Å²) in [6, 6.07) is 0. The first-order chi connectivity index (χ1) is 16.5. The molecule has 2 fully saturated rings. The van der Waals surface area contributed by atoms with Crippen molar-refractivity contribution in [3.05, 3.63) is 0 Å². The SMILES string of the molecule is CC(=O)NCCCO[C@H]1CO[C@H](CO)[C@@H](OCCCC2O[C@H](CO)[C@@H](C(C)(C)C)[C@H](O)[C@H]2O)[C@@H]1O. The Bertz CT molecular complexity index is 628. The molecule has 6 N–H and O–H groups in total. The van der Waals surface area contributed by atoms with Crippen molar-refractivity contribution in [3.63, 3.8) is 0 Å². The van der Waals surface area contributed by atoms with E-state index in [9.17, 15) is 30.3 Å². The molecule has 0 spiro atoms. The van der Waals surface area contributed by atoms with Crippen LogP contribution in [0.2, 0.25) is 0 Å². The predicted molar refractivity (Wildman–Crippen MR) is 126 cm³/mol. The third-order valence-electron chi connectivity index (χ3n) is 6.74. The highest BCUT2D eigenvalue weighted by atomic mass is 16.6. The minimum atomic E-state index is -1.09. The third kappa shape index (κ3) is 8.58. The number of aliphatic hydroxyl groups is 5. The van der Waals surface area contributed by atoms with Crippen LogP contribution in [-0.4, -0.2) is 120 Å². The molecule has 0 aromatic heterocycles. The van der Waals surface area contributed by atoms with Gasteiger partial charge in [0.05, 0.1) is 38.1 Å². The van der Waals surface area contributed by atoms with Crippen molar-refractivity contribution in [3.8, 4) is 0 Å². The Morgan fingerprint density at radius 1 is 0.943 bits per heavy atom. The molecule has 0 saturated carbocycles. The number of rotatable bonds is 12. The fraction of sp³-hybridized carbons (Fsp3) is 0.958. The lowest BCUT2D eigenvalue weighted by molar-refractivity contribution is -0.233. The van der Waals surface area contributed by atoms with Gasteiger partial charge in [-0.1, -0.05) is 20.8 Å². The highest BCUT2D eigenvalue weighted by molar-refractivity contribution is 5.72. The van der Waals surface area contributed by atoms with Crippen LogP contribution in [0.15, 0.2) is 0 Å². The summed E-state index contributed by atoms with van der Waals surface area (Å²) in [5, 5.41) is 54.1. The summed E-state index contributed by atoms with van der Waals surface area (Å²) in [6.07, 6.45) is -5.09. The minimum absolute atomic E-state index is 0.115. The van der Waals surface area contributed by atoms with E-state index in [1.165, 1.54) is 6.92 Å². The average Bonchev–Trinajstić information content (AvgIpc) is 2.79. The molecule has 1 amide bonds. The maximum atomic E-state index is 10.9. The first-order valence-electron chi connectivity index (χ1n) is 12.5. The van der Waals surface area contributed by atoms with Crippen molar-refractivity contribution in [1.82, 2.24) is 5.32 Å². The summed E-state index contributed by atoms with van der Waals surface area (Å²) >= 11 is 0. The van der Waals surface area contributed by atoms with Gasteiger partial charge in [0, 0.05) is 32.6 Å². The number of hydrogen-bond acceptors (Lipinski definition) is 10. The van der Waals surface area contributed by atoms with Gasteiger partial charge >= 0.3 is 0 Å². The Hall–Kier alpha value is -0.890. The Balaban J connectivity index is 1.82. The molecule has 0 bridgehead atoms. The van der Waals surface area contributed by atoms with Gasteiger partial charge in [0.15, 0.2) is 0 Å². The predicted octanol–water partition coefficient (Wildman–Crippen LogP) is -1.04. The topological polar surface area (TPSA) is 167 Å². The molecule has 2 saturated heterocycles. The Morgan fingerprint density at radius 3 is 2.20 bits per heavy atom. The molecule has 0 radical (unpaired) electrons. The van der Waals surface area contributed by atoms with Gasteiger partial charge in [-0.05, 0) is 24.7 Å². The lowest BCUT2D eigenvalue weighted by atomic mass is 9.70. The highest BCUT2D eigenvalue weighted by Crippen LogP contribution is 2.39. The van der Waals surface area contributed by atoms with E-state index in [0.717, 1.165) is 0 Å². The lowest BCUT2D eigenvalue weighted by Gasteiger charge is -2.48. The summed E-state index contributed by atoms with van der Waals surface area (Å²) in [7, 11) is 0. The fourth-order valence-electron chi connectivity index (χ4n) is 4.94. The molecule has 0 aromatic carbocycles. The Kier molecular flexibility index (Phi) is 12.3. The van der Waals surface area contributed by atoms with Crippen LogP contribution in [0.3, 0.4) is 0 Å². The summed E-state index contributed by atoms with van der Waals surface area (Å²) < 4.78 is 23.1. The van der Waals surface area contributed by atoms with Gasteiger partial charge < -0.3 is 49.8 Å². The Morgan fingerprint density at radius 2 is 1.60 bits per heavy atom. The van der Waals surface area contributed by atoms with E-state index in [4.69, 9.17) is 18.9 Å². The molecule has 35 heavy (non-hydrogen) atoms. The third-order valence-corrected chi connectivity index (χ3v) is 6.74. The van der Waals surface area contributed by atoms with Gasteiger partial charge in [-0.25, -0.2) is 0 Å². The van der Waals surface area contributed by atoms with E-state index in [1.54, 1.807) is 0 Å². The van der Waals surface area contributed by atoms with Gasteiger partial charge in [0.25, 0.3) is 0 Å². The van der Waals surface area contributed by atoms with Crippen LogP contribution in [-0.2, 0) is 23.7 Å². The second kappa shape index (κ2) is 14.2. The van der Waals surface area contributed by atoms with E-state index in [1.807, 2.05) is 20.8 Å². The second-order valence-corrected chi connectivity index (χ2v) is 10.5. The van der Waals surface area contributed by atoms with Crippen LogP contribution in [0.1, 0.15) is 47.0 Å². The zero-order valence-corrected chi connectivity index (χ0v) is 21.3. The quantitative estimate of drug-likeness (QED) is 0.180. The average molecular weight is 508 g/mol. The van der Waals surface area contributed by atoms with Crippen LogP contribution in [0.25, 0.3) is 0 Å². The zero-order valence-electron chi connectivity index (χ0n) is 21.3. The number of nitrogens with one attached hydrogen (secondary N) is 1. The molecule has 0 aliphatic carbocycles. The number of aliphatic hydroxyl groups excluding tert-OH is 5. The molecule has 0 aromatic rings. The molecule has 9 atom stereocenters. The first kappa shape index (κ1) is 30.3. The molecule has 2 aliphatic rings. The molecular weight excluding hydrogens is 462 g/mol. The van der Waals surface area contributed by atoms with Gasteiger partial charge in [-0.2, -0.15) is 0 Å². The molecule has 1 unspecified atom stereocenters. The van der Waals surface area contributed by atoms with Crippen LogP contribution < -0.4 is 5.32 Å². The van der Waals surface area contributed by atoms with Crippen molar-refractivity contribution >= 4 is 5.91 Å². The number of amides is 1. The van der Waals surface area contributed by atoms with Crippen molar-refractivity contribution in [2.45, 2.75) is 95.8 Å². The summed E-state index contributed by atoms with van der Waals surface area (Å²) in [5.74, 6) is -0.531. The molecule has 11 heteroatoms. The summed E-state index contributed by atoms with van der Waals surface area (Å²) in [5.41, 5.74) is -0.360. The summed E-state index contributed by atoms with van der Waals surface area (Å²) in [4.78, 5) is 10.9. The van der Waals surface area contributed by atoms with E-state index in [2.05, 4.69) is 5.32 Å².